The van der Waals surface area contributed by atoms with E-state index in [1.54, 1.807) is 19.2 Å². The van der Waals surface area contributed by atoms with Gasteiger partial charge in [-0.1, -0.05) is 0 Å². The minimum atomic E-state index is -0.366. The van der Waals surface area contributed by atoms with Gasteiger partial charge in [0, 0.05) is 17.2 Å². The van der Waals surface area contributed by atoms with E-state index in [2.05, 4.69) is 5.32 Å². The van der Waals surface area contributed by atoms with Crippen LogP contribution in [0.5, 0.6) is 0 Å². The van der Waals surface area contributed by atoms with Crippen LogP contribution in [0.1, 0.15) is 0 Å². The van der Waals surface area contributed by atoms with Crippen molar-refractivity contribution >= 4 is 11.8 Å². The first-order valence-corrected chi connectivity index (χ1v) is 5.42. The molecule has 0 saturated carbocycles. The largest absolute Gasteiger partial charge is 0.391 e. The number of aliphatic hydroxyl groups is 1. The van der Waals surface area contributed by atoms with Crippen molar-refractivity contribution in [1.29, 1.82) is 0 Å². The summed E-state index contributed by atoms with van der Waals surface area (Å²) in [6.07, 6.45) is -0.366. The van der Waals surface area contributed by atoms with Crippen LogP contribution in [0, 0.1) is 5.82 Å². The monoisotopic (exact) mass is 215 g/mol. The molecule has 14 heavy (non-hydrogen) atoms. The van der Waals surface area contributed by atoms with E-state index >= 15 is 0 Å². The molecule has 0 amide bonds. The van der Waals surface area contributed by atoms with E-state index in [1.165, 1.54) is 23.9 Å². The molecule has 0 fully saturated rings. The van der Waals surface area contributed by atoms with Gasteiger partial charge in [0.1, 0.15) is 5.82 Å². The zero-order chi connectivity index (χ0) is 10.4. The van der Waals surface area contributed by atoms with E-state index in [4.69, 9.17) is 0 Å². The van der Waals surface area contributed by atoms with Crippen LogP contribution in [0.2, 0.25) is 0 Å². The lowest BCUT2D eigenvalue weighted by Crippen LogP contribution is -2.25. The molecule has 4 heteroatoms. The summed E-state index contributed by atoms with van der Waals surface area (Å²) in [5.74, 6) is 0.386. The highest BCUT2D eigenvalue weighted by Gasteiger charge is 2.03. The fourth-order valence-electron chi connectivity index (χ4n) is 1.02. The summed E-state index contributed by atoms with van der Waals surface area (Å²) in [7, 11) is 1.80. The smallest absolute Gasteiger partial charge is 0.123 e. The van der Waals surface area contributed by atoms with Gasteiger partial charge in [-0.2, -0.15) is 0 Å². The number of benzene rings is 1. The maximum atomic E-state index is 12.5. The van der Waals surface area contributed by atoms with Crippen LogP contribution in [0.15, 0.2) is 29.2 Å². The summed E-state index contributed by atoms with van der Waals surface area (Å²) in [6.45, 7) is 0.578. The fraction of sp³-hybridized carbons (Fsp3) is 0.400. The van der Waals surface area contributed by atoms with E-state index in [0.717, 1.165) is 4.90 Å². The first kappa shape index (κ1) is 11.5. The van der Waals surface area contributed by atoms with Gasteiger partial charge in [-0.05, 0) is 31.3 Å². The van der Waals surface area contributed by atoms with Crippen LogP contribution in [-0.2, 0) is 0 Å². The number of nitrogens with one attached hydrogen (secondary N) is 1. The number of thioether (sulfide) groups is 1. The third-order valence-electron chi connectivity index (χ3n) is 1.70. The molecule has 0 saturated heterocycles. The van der Waals surface area contributed by atoms with Gasteiger partial charge in [0.25, 0.3) is 0 Å². The van der Waals surface area contributed by atoms with E-state index < -0.39 is 0 Å². The number of halogens is 1. The molecule has 0 aromatic heterocycles. The van der Waals surface area contributed by atoms with Crippen molar-refractivity contribution in [3.63, 3.8) is 0 Å². The molecule has 0 radical (unpaired) electrons. The van der Waals surface area contributed by atoms with Crippen molar-refractivity contribution in [2.75, 3.05) is 19.3 Å². The Kier molecular flexibility index (Phi) is 4.93. The molecule has 2 N–H and O–H groups in total. The van der Waals surface area contributed by atoms with E-state index in [0.29, 0.717) is 12.3 Å². The molecule has 1 aromatic carbocycles. The second-order valence-electron chi connectivity index (χ2n) is 2.98. The Hall–Kier alpha value is -0.580. The third kappa shape index (κ3) is 4.09. The van der Waals surface area contributed by atoms with E-state index in [9.17, 15) is 9.50 Å². The lowest BCUT2D eigenvalue weighted by molar-refractivity contribution is 0.199. The normalized spacial score (nSPS) is 12.8. The Balaban J connectivity index is 2.34. The van der Waals surface area contributed by atoms with E-state index in [1.807, 2.05) is 0 Å². The molecule has 1 rings (SSSR count). The number of hydrogen-bond donors (Lipinski definition) is 2. The van der Waals surface area contributed by atoms with E-state index in [-0.39, 0.29) is 11.9 Å². The third-order valence-corrected chi connectivity index (χ3v) is 2.85. The molecule has 0 aliphatic heterocycles. The van der Waals surface area contributed by atoms with Crippen LogP contribution in [0.25, 0.3) is 0 Å². The molecular formula is C10H14FNOS. The molecule has 0 spiro atoms. The molecule has 1 atom stereocenters. The number of rotatable bonds is 5. The standard InChI is InChI=1S/C10H14FNOS/c1-12-6-9(13)7-14-10-4-2-8(11)3-5-10/h2-5,9,12-13H,6-7H2,1H3. The molecule has 0 aliphatic carbocycles. The van der Waals surface area contributed by atoms with Crippen molar-refractivity contribution < 1.29 is 9.50 Å². The first-order valence-electron chi connectivity index (χ1n) is 4.43. The van der Waals surface area contributed by atoms with Gasteiger partial charge in [0.15, 0.2) is 0 Å². The molecule has 78 valence electrons. The number of hydrogen-bond acceptors (Lipinski definition) is 3. The second-order valence-corrected chi connectivity index (χ2v) is 4.07. The van der Waals surface area contributed by atoms with Gasteiger partial charge in [0.2, 0.25) is 0 Å². The summed E-state index contributed by atoms with van der Waals surface area (Å²) in [5, 5.41) is 12.3. The van der Waals surface area contributed by atoms with Gasteiger partial charge in [0.05, 0.1) is 6.10 Å². The van der Waals surface area contributed by atoms with Crippen LogP contribution < -0.4 is 5.32 Å². The Labute approximate surface area is 87.5 Å². The van der Waals surface area contributed by atoms with Crippen LogP contribution in [0.3, 0.4) is 0 Å². The van der Waals surface area contributed by atoms with Crippen molar-refractivity contribution in [1.82, 2.24) is 5.32 Å². The molecule has 0 bridgehead atoms. The summed E-state index contributed by atoms with van der Waals surface area (Å²) < 4.78 is 12.5. The van der Waals surface area contributed by atoms with Crippen molar-refractivity contribution in [3.05, 3.63) is 30.1 Å². The Morgan fingerprint density at radius 2 is 2.07 bits per heavy atom. The second kappa shape index (κ2) is 6.01. The van der Waals surface area contributed by atoms with Crippen molar-refractivity contribution in [2.45, 2.75) is 11.0 Å². The highest BCUT2D eigenvalue weighted by atomic mass is 32.2. The molecule has 2 nitrogen and oxygen atoms in total. The lowest BCUT2D eigenvalue weighted by Gasteiger charge is -2.08. The summed E-state index contributed by atoms with van der Waals surface area (Å²) >= 11 is 1.52. The highest BCUT2D eigenvalue weighted by molar-refractivity contribution is 7.99. The van der Waals surface area contributed by atoms with Crippen LogP contribution >= 0.6 is 11.8 Å². The minimum absolute atomic E-state index is 0.231. The zero-order valence-corrected chi connectivity index (χ0v) is 8.85. The predicted molar refractivity (Wildman–Crippen MR) is 57.1 cm³/mol. The number of likely N-dealkylation sites (N-methyl/N-ethyl adjacent to an activating group) is 1. The van der Waals surface area contributed by atoms with Gasteiger partial charge in [-0.25, -0.2) is 4.39 Å². The fourth-order valence-corrected chi connectivity index (χ4v) is 1.85. The maximum absolute atomic E-state index is 12.5. The summed E-state index contributed by atoms with van der Waals surface area (Å²) in [4.78, 5) is 0.974. The van der Waals surface area contributed by atoms with Crippen LogP contribution in [-0.4, -0.2) is 30.6 Å². The van der Waals surface area contributed by atoms with Gasteiger partial charge < -0.3 is 10.4 Å². The number of aliphatic hydroxyl groups excluding tert-OH is 1. The van der Waals surface area contributed by atoms with Gasteiger partial charge >= 0.3 is 0 Å². The Morgan fingerprint density at radius 3 is 2.64 bits per heavy atom. The average Bonchev–Trinajstić information content (AvgIpc) is 2.17. The molecule has 0 aliphatic rings. The zero-order valence-electron chi connectivity index (χ0n) is 8.03. The SMILES string of the molecule is CNCC(O)CSc1ccc(F)cc1. The minimum Gasteiger partial charge on any atom is -0.391 e. The topological polar surface area (TPSA) is 32.3 Å². The molecule has 1 unspecified atom stereocenters. The Morgan fingerprint density at radius 1 is 1.43 bits per heavy atom. The molecular weight excluding hydrogens is 201 g/mol. The molecule has 1 aromatic rings. The summed E-state index contributed by atoms with van der Waals surface area (Å²) in [5.41, 5.74) is 0. The predicted octanol–water partition coefficient (Wildman–Crippen LogP) is 1.50. The average molecular weight is 215 g/mol. The van der Waals surface area contributed by atoms with Gasteiger partial charge in [-0.3, -0.25) is 0 Å². The highest BCUT2D eigenvalue weighted by Crippen LogP contribution is 2.18. The Bertz CT molecular complexity index is 265. The van der Waals surface area contributed by atoms with Gasteiger partial charge in [-0.15, -0.1) is 11.8 Å². The van der Waals surface area contributed by atoms with Crippen molar-refractivity contribution in [2.24, 2.45) is 0 Å². The quantitative estimate of drug-likeness (QED) is 0.730. The lowest BCUT2D eigenvalue weighted by atomic mass is 10.3. The van der Waals surface area contributed by atoms with Crippen molar-refractivity contribution in [3.8, 4) is 0 Å². The first-order chi connectivity index (χ1) is 6.72. The van der Waals surface area contributed by atoms with Crippen LogP contribution in [0.4, 0.5) is 4.39 Å². The summed E-state index contributed by atoms with van der Waals surface area (Å²) in [6, 6.07) is 6.28. The maximum Gasteiger partial charge on any atom is 0.123 e. The molecule has 0 heterocycles.